The van der Waals surface area contributed by atoms with Gasteiger partial charge in [-0.1, -0.05) is 19.9 Å². The summed E-state index contributed by atoms with van der Waals surface area (Å²) in [5.74, 6) is 0.312. The van der Waals surface area contributed by atoms with Crippen molar-refractivity contribution in [1.29, 1.82) is 0 Å². The molecular weight excluding hydrogens is 231 g/mol. The molecule has 1 saturated carbocycles. The molecule has 1 aromatic rings. The second-order valence-corrected chi connectivity index (χ2v) is 5.21. The maximum Gasteiger partial charge on any atom is 0.129 e. The molecule has 0 amide bonds. The number of halogens is 1. The first-order valence-corrected chi connectivity index (χ1v) is 6.64. The Hall–Kier alpha value is -1.09. The van der Waals surface area contributed by atoms with E-state index >= 15 is 0 Å². The first kappa shape index (κ1) is 13.3. The molecular formula is C15H21FO2. The van der Waals surface area contributed by atoms with Gasteiger partial charge >= 0.3 is 0 Å². The zero-order valence-electron chi connectivity index (χ0n) is 11.2. The summed E-state index contributed by atoms with van der Waals surface area (Å²) in [7, 11) is 0. The third-order valence-electron chi connectivity index (χ3n) is 4.48. The molecule has 0 aromatic heterocycles. The van der Waals surface area contributed by atoms with E-state index in [9.17, 15) is 9.50 Å². The maximum absolute atomic E-state index is 13.5. The van der Waals surface area contributed by atoms with Crippen molar-refractivity contribution in [1.82, 2.24) is 0 Å². The van der Waals surface area contributed by atoms with Gasteiger partial charge in [0.15, 0.2) is 0 Å². The topological polar surface area (TPSA) is 29.5 Å². The summed E-state index contributed by atoms with van der Waals surface area (Å²) in [6, 6.07) is 4.94. The Kier molecular flexibility index (Phi) is 3.62. The fourth-order valence-electron chi connectivity index (χ4n) is 2.88. The van der Waals surface area contributed by atoms with Crippen LogP contribution in [0.3, 0.4) is 0 Å². The molecule has 3 heteroatoms. The average molecular weight is 252 g/mol. The number of benzene rings is 1. The van der Waals surface area contributed by atoms with E-state index < -0.39 is 0 Å². The predicted molar refractivity (Wildman–Crippen MR) is 69.2 cm³/mol. The summed E-state index contributed by atoms with van der Waals surface area (Å²) in [5.41, 5.74) is 0.453. The van der Waals surface area contributed by atoms with E-state index in [1.54, 1.807) is 19.1 Å². The molecule has 1 aromatic carbocycles. The number of hydrogen-bond acceptors (Lipinski definition) is 2. The lowest BCUT2D eigenvalue weighted by atomic mass is 9.60. The van der Waals surface area contributed by atoms with Crippen LogP contribution in [0, 0.1) is 18.2 Å². The largest absolute Gasteiger partial charge is 0.490 e. The molecule has 2 unspecified atom stereocenters. The fraction of sp³-hybridized carbons (Fsp3) is 0.600. The van der Waals surface area contributed by atoms with Crippen LogP contribution in [0.4, 0.5) is 4.39 Å². The van der Waals surface area contributed by atoms with Crippen LogP contribution in [0.25, 0.3) is 0 Å². The zero-order chi connectivity index (χ0) is 13.3. The highest BCUT2D eigenvalue weighted by atomic mass is 19.1. The van der Waals surface area contributed by atoms with Crippen molar-refractivity contribution in [3.8, 4) is 5.75 Å². The lowest BCUT2D eigenvalue weighted by Crippen LogP contribution is -2.59. The molecule has 1 N–H and O–H groups in total. The van der Waals surface area contributed by atoms with Gasteiger partial charge in [-0.25, -0.2) is 4.39 Å². The fourth-order valence-corrected chi connectivity index (χ4v) is 2.88. The van der Waals surface area contributed by atoms with E-state index in [-0.39, 0.29) is 23.4 Å². The van der Waals surface area contributed by atoms with E-state index in [1.807, 2.05) is 0 Å². The summed E-state index contributed by atoms with van der Waals surface area (Å²) < 4.78 is 19.3. The van der Waals surface area contributed by atoms with E-state index in [0.29, 0.717) is 17.7 Å². The first-order chi connectivity index (χ1) is 8.53. The lowest BCUT2D eigenvalue weighted by Gasteiger charge is -2.52. The Morgan fingerprint density at radius 1 is 1.39 bits per heavy atom. The van der Waals surface area contributed by atoms with Gasteiger partial charge in [0, 0.05) is 17.9 Å². The highest BCUT2D eigenvalue weighted by molar-refractivity contribution is 5.28. The van der Waals surface area contributed by atoms with Gasteiger partial charge in [-0.3, -0.25) is 0 Å². The van der Waals surface area contributed by atoms with Crippen LogP contribution in [-0.2, 0) is 0 Å². The average Bonchev–Trinajstić information content (AvgIpc) is 2.35. The molecule has 2 atom stereocenters. The summed E-state index contributed by atoms with van der Waals surface area (Å²) in [6.45, 7) is 5.87. The number of hydrogen-bond donors (Lipinski definition) is 1. The van der Waals surface area contributed by atoms with Gasteiger partial charge < -0.3 is 9.84 Å². The summed E-state index contributed by atoms with van der Waals surface area (Å²) >= 11 is 0. The quantitative estimate of drug-likeness (QED) is 0.889. The van der Waals surface area contributed by atoms with Crippen LogP contribution in [-0.4, -0.2) is 17.3 Å². The van der Waals surface area contributed by atoms with E-state index in [1.165, 1.54) is 6.07 Å². The molecule has 0 aliphatic heterocycles. The second kappa shape index (κ2) is 4.88. The van der Waals surface area contributed by atoms with Crippen LogP contribution in [0.5, 0.6) is 5.75 Å². The molecule has 0 saturated heterocycles. The van der Waals surface area contributed by atoms with Crippen molar-refractivity contribution in [2.45, 2.75) is 52.2 Å². The Morgan fingerprint density at radius 3 is 2.56 bits per heavy atom. The van der Waals surface area contributed by atoms with E-state index in [4.69, 9.17) is 4.74 Å². The summed E-state index contributed by atoms with van der Waals surface area (Å²) in [6.07, 6.45) is 2.09. The minimum absolute atomic E-state index is 0.00962. The highest BCUT2D eigenvalue weighted by Crippen LogP contribution is 2.48. The van der Waals surface area contributed by atoms with Gasteiger partial charge in [-0.05, 0) is 31.4 Å². The number of ether oxygens (including phenoxy) is 1. The van der Waals surface area contributed by atoms with Crippen molar-refractivity contribution in [3.05, 3.63) is 29.6 Å². The van der Waals surface area contributed by atoms with Gasteiger partial charge in [0.05, 0.1) is 6.10 Å². The normalized spacial score (nSPS) is 25.6. The lowest BCUT2D eigenvalue weighted by molar-refractivity contribution is -0.159. The smallest absolute Gasteiger partial charge is 0.129 e. The Labute approximate surface area is 108 Å². The number of rotatable bonds is 4. The number of aliphatic hydroxyl groups excluding tert-OH is 1. The van der Waals surface area contributed by atoms with Crippen molar-refractivity contribution in [2.75, 3.05) is 0 Å². The minimum Gasteiger partial charge on any atom is -0.490 e. The molecule has 0 radical (unpaired) electrons. The number of aryl methyl sites for hydroxylation is 1. The van der Waals surface area contributed by atoms with Crippen molar-refractivity contribution in [2.24, 2.45) is 5.41 Å². The van der Waals surface area contributed by atoms with Gasteiger partial charge in [-0.15, -0.1) is 0 Å². The molecule has 0 heterocycles. The van der Waals surface area contributed by atoms with Gasteiger partial charge in [0.1, 0.15) is 17.7 Å². The Balaban J connectivity index is 2.12. The standard InChI is InChI=1S/C15H21FO2/c1-4-15(5-2)13(17)9-14(15)18-11-7-6-10(3)12(16)8-11/h6-8,13-14,17H,4-5,9H2,1-3H3. The monoisotopic (exact) mass is 252 g/mol. The van der Waals surface area contributed by atoms with E-state index in [2.05, 4.69) is 13.8 Å². The number of aliphatic hydroxyl groups is 1. The molecule has 1 fully saturated rings. The second-order valence-electron chi connectivity index (χ2n) is 5.21. The molecule has 18 heavy (non-hydrogen) atoms. The molecule has 1 aliphatic carbocycles. The third-order valence-corrected chi connectivity index (χ3v) is 4.48. The van der Waals surface area contributed by atoms with E-state index in [0.717, 1.165) is 12.8 Å². The maximum atomic E-state index is 13.5. The molecule has 100 valence electrons. The van der Waals surface area contributed by atoms with Crippen molar-refractivity contribution in [3.63, 3.8) is 0 Å². The summed E-state index contributed by atoms with van der Waals surface area (Å²) in [5, 5.41) is 9.95. The zero-order valence-corrected chi connectivity index (χ0v) is 11.2. The first-order valence-electron chi connectivity index (χ1n) is 6.64. The van der Waals surface area contributed by atoms with Crippen molar-refractivity contribution >= 4 is 0 Å². The minimum atomic E-state index is -0.298. The van der Waals surface area contributed by atoms with Gasteiger partial charge in [0.25, 0.3) is 0 Å². The van der Waals surface area contributed by atoms with Crippen LogP contribution in [0.2, 0.25) is 0 Å². The molecule has 2 nitrogen and oxygen atoms in total. The van der Waals surface area contributed by atoms with Crippen LogP contribution in [0.15, 0.2) is 18.2 Å². The molecule has 2 rings (SSSR count). The third kappa shape index (κ3) is 2.01. The van der Waals surface area contributed by atoms with Crippen LogP contribution in [0.1, 0.15) is 38.7 Å². The van der Waals surface area contributed by atoms with Gasteiger partial charge in [-0.2, -0.15) is 0 Å². The van der Waals surface area contributed by atoms with Gasteiger partial charge in [0.2, 0.25) is 0 Å². The Bertz CT molecular complexity index is 427. The highest BCUT2D eigenvalue weighted by Gasteiger charge is 2.53. The Morgan fingerprint density at radius 2 is 2.06 bits per heavy atom. The predicted octanol–water partition coefficient (Wildman–Crippen LogP) is 3.45. The SMILES string of the molecule is CCC1(CC)C(O)CC1Oc1ccc(C)c(F)c1. The molecule has 0 spiro atoms. The van der Waals surface area contributed by atoms with Crippen LogP contribution >= 0.6 is 0 Å². The van der Waals surface area contributed by atoms with Crippen molar-refractivity contribution < 1.29 is 14.2 Å². The summed E-state index contributed by atoms with van der Waals surface area (Å²) in [4.78, 5) is 0. The molecule has 1 aliphatic rings. The van der Waals surface area contributed by atoms with Crippen LogP contribution < -0.4 is 4.74 Å². The molecule has 0 bridgehead atoms.